The minimum Gasteiger partial charge on any atom is -0.444 e. The van der Waals surface area contributed by atoms with Crippen LogP contribution in [0.3, 0.4) is 0 Å². The van der Waals surface area contributed by atoms with Crippen LogP contribution in [-0.4, -0.2) is 92.6 Å². The monoisotopic (exact) mass is 689 g/mol. The number of fused-ring (bicyclic) bond motifs is 1. The number of hydrogen-bond acceptors (Lipinski definition) is 8. The van der Waals surface area contributed by atoms with Crippen molar-refractivity contribution in [2.75, 3.05) is 25.0 Å². The highest BCUT2D eigenvalue weighted by Crippen LogP contribution is 2.36. The lowest BCUT2D eigenvalue weighted by Crippen LogP contribution is -2.59. The van der Waals surface area contributed by atoms with Gasteiger partial charge in [-0.3, -0.25) is 9.59 Å². The van der Waals surface area contributed by atoms with Crippen molar-refractivity contribution in [2.45, 2.75) is 134 Å². The first-order chi connectivity index (χ1) is 22.8. The fourth-order valence-electron chi connectivity index (χ4n) is 7.28. The Kier molecular flexibility index (Phi) is 10.4. The molecular weight excluding hydrogens is 639 g/mol. The molecule has 2 aliphatic heterocycles. The van der Waals surface area contributed by atoms with Gasteiger partial charge in [-0.1, -0.05) is 0 Å². The molecule has 49 heavy (non-hydrogen) atoms. The maximum absolute atomic E-state index is 14.0. The van der Waals surface area contributed by atoms with E-state index < -0.39 is 29.5 Å². The first kappa shape index (κ1) is 36.6. The molecule has 1 aromatic carbocycles. The molecule has 3 fully saturated rings. The molecule has 4 atom stereocenters. The fourth-order valence-corrected chi connectivity index (χ4v) is 7.28. The summed E-state index contributed by atoms with van der Waals surface area (Å²) in [7, 11) is 0. The number of aromatic nitrogens is 2. The topological polar surface area (TPSA) is 129 Å². The number of carbonyl (C=O) groups is 3. The first-order valence-electron chi connectivity index (χ1n) is 17.3. The van der Waals surface area contributed by atoms with Gasteiger partial charge in [0.05, 0.1) is 23.2 Å². The van der Waals surface area contributed by atoms with E-state index in [2.05, 4.69) is 41.7 Å². The molecule has 1 aromatic heterocycles. The third kappa shape index (κ3) is 9.11. The molecule has 2 aromatic rings. The van der Waals surface area contributed by atoms with Gasteiger partial charge in [0.15, 0.2) is 0 Å². The van der Waals surface area contributed by atoms with E-state index in [-0.39, 0.29) is 52.6 Å². The van der Waals surface area contributed by atoms with Crippen LogP contribution in [-0.2, 0) is 20.5 Å². The second-order valence-electron chi connectivity index (χ2n) is 15.7. The molecule has 0 unspecified atom stereocenters. The minimum atomic E-state index is -4.57. The van der Waals surface area contributed by atoms with Crippen LogP contribution in [0.25, 0.3) is 10.9 Å². The van der Waals surface area contributed by atoms with Crippen molar-refractivity contribution in [1.82, 2.24) is 30.4 Å². The highest BCUT2D eigenvalue weighted by Gasteiger charge is 2.43. The molecule has 270 valence electrons. The van der Waals surface area contributed by atoms with E-state index in [4.69, 9.17) is 9.72 Å². The number of rotatable bonds is 6. The van der Waals surface area contributed by atoms with E-state index in [0.29, 0.717) is 63.1 Å². The van der Waals surface area contributed by atoms with Gasteiger partial charge in [-0.05, 0) is 98.3 Å². The lowest BCUT2D eigenvalue weighted by molar-refractivity contribution is -0.137. The van der Waals surface area contributed by atoms with Gasteiger partial charge < -0.3 is 30.5 Å². The number of amides is 3. The number of nitrogens with one attached hydrogen (secondary N) is 3. The standard InChI is InChI=1S/C35H50F3N7O4/c1-20(46)39-27-19-23(43-33(2,3)4)9-11-28(27)45-17-14-26(31(45)47)41-30-24-18-22(35(36,37)38)8-10-25(24)40-29(42-30)21-12-15-44(16-13-21)32(48)49-34(5,6)7/h8,10,18,21,23,26-28,43H,9,11-17,19H2,1-7H3,(H,39,46)(H,40,41,42)/t23-,26+,27-,28+/m1/s1. The predicted octanol–water partition coefficient (Wildman–Crippen LogP) is 5.59. The molecular formula is C35H50F3N7O4. The van der Waals surface area contributed by atoms with Crippen LogP contribution in [0.1, 0.15) is 104 Å². The molecule has 5 rings (SSSR count). The van der Waals surface area contributed by atoms with Gasteiger partial charge in [-0.15, -0.1) is 0 Å². The summed E-state index contributed by atoms with van der Waals surface area (Å²) in [5.74, 6) is 0.157. The summed E-state index contributed by atoms with van der Waals surface area (Å²) < 4.78 is 46.9. The Morgan fingerprint density at radius 3 is 2.24 bits per heavy atom. The van der Waals surface area contributed by atoms with Crippen LogP contribution in [0.15, 0.2) is 18.2 Å². The smallest absolute Gasteiger partial charge is 0.416 e. The SMILES string of the molecule is CC(=O)N[C@@H]1C[C@H](NC(C)(C)C)CC[C@@H]1N1CC[C@H](Nc2nc(C3CCN(C(=O)OC(C)(C)C)CC3)nc3ccc(C(F)(F)F)cc23)C1=O. The molecule has 2 saturated heterocycles. The molecule has 14 heteroatoms. The van der Waals surface area contributed by atoms with Gasteiger partial charge in [-0.2, -0.15) is 13.2 Å². The highest BCUT2D eigenvalue weighted by atomic mass is 19.4. The summed E-state index contributed by atoms with van der Waals surface area (Å²) in [6.07, 6.45) is -1.21. The Morgan fingerprint density at radius 1 is 0.939 bits per heavy atom. The first-order valence-corrected chi connectivity index (χ1v) is 17.3. The Hall–Kier alpha value is -3.68. The van der Waals surface area contributed by atoms with Crippen LogP contribution >= 0.6 is 0 Å². The highest BCUT2D eigenvalue weighted by molar-refractivity contribution is 5.93. The maximum atomic E-state index is 14.0. The van der Waals surface area contributed by atoms with Crippen LogP contribution in [0, 0.1) is 0 Å². The van der Waals surface area contributed by atoms with Crippen LogP contribution < -0.4 is 16.0 Å². The van der Waals surface area contributed by atoms with Crippen molar-refractivity contribution in [1.29, 1.82) is 0 Å². The molecule has 11 nitrogen and oxygen atoms in total. The van der Waals surface area contributed by atoms with Crippen molar-refractivity contribution < 1.29 is 32.3 Å². The van der Waals surface area contributed by atoms with Gasteiger partial charge >= 0.3 is 12.3 Å². The van der Waals surface area contributed by atoms with Gasteiger partial charge in [-0.25, -0.2) is 14.8 Å². The van der Waals surface area contributed by atoms with E-state index in [1.807, 2.05) is 25.7 Å². The molecule has 1 aliphatic carbocycles. The van der Waals surface area contributed by atoms with E-state index in [1.165, 1.54) is 13.0 Å². The number of piperidine rings is 1. The summed E-state index contributed by atoms with van der Waals surface area (Å²) in [5, 5.41) is 10.1. The molecule has 0 spiro atoms. The Labute approximate surface area is 286 Å². The zero-order valence-electron chi connectivity index (χ0n) is 29.5. The van der Waals surface area contributed by atoms with Gasteiger partial charge in [0.1, 0.15) is 23.3 Å². The summed E-state index contributed by atoms with van der Waals surface area (Å²) in [6.45, 7) is 14.5. The zero-order chi connectivity index (χ0) is 35.9. The number of carbonyl (C=O) groups excluding carboxylic acids is 3. The number of hydrogen-bond donors (Lipinski definition) is 3. The zero-order valence-corrected chi connectivity index (χ0v) is 29.5. The summed E-state index contributed by atoms with van der Waals surface area (Å²) in [4.78, 5) is 51.6. The molecule has 1 saturated carbocycles. The summed E-state index contributed by atoms with van der Waals surface area (Å²) in [5.41, 5.74) is -1.21. The Balaban J connectivity index is 1.37. The van der Waals surface area contributed by atoms with Crippen molar-refractivity contribution >= 4 is 34.6 Å². The molecule has 0 bridgehead atoms. The molecule has 0 radical (unpaired) electrons. The lowest BCUT2D eigenvalue weighted by Gasteiger charge is -2.43. The number of nitrogens with zero attached hydrogens (tertiary/aromatic N) is 4. The third-order valence-corrected chi connectivity index (χ3v) is 9.34. The number of anilines is 1. The molecule has 3 heterocycles. The van der Waals surface area contributed by atoms with Crippen molar-refractivity contribution in [3.05, 3.63) is 29.6 Å². The number of halogens is 3. The predicted molar refractivity (Wildman–Crippen MR) is 180 cm³/mol. The van der Waals surface area contributed by atoms with E-state index in [0.717, 1.165) is 18.6 Å². The average Bonchev–Trinajstić information content (AvgIpc) is 3.33. The Morgan fingerprint density at radius 2 is 1.63 bits per heavy atom. The molecule has 3 N–H and O–H groups in total. The van der Waals surface area contributed by atoms with Gasteiger partial charge in [0.25, 0.3) is 0 Å². The van der Waals surface area contributed by atoms with Gasteiger partial charge in [0.2, 0.25) is 11.8 Å². The van der Waals surface area contributed by atoms with Crippen LogP contribution in [0.2, 0.25) is 0 Å². The average molecular weight is 690 g/mol. The quantitative estimate of drug-likeness (QED) is 0.358. The minimum absolute atomic E-state index is 0.100. The van der Waals surface area contributed by atoms with E-state index in [9.17, 15) is 27.6 Å². The van der Waals surface area contributed by atoms with E-state index in [1.54, 1.807) is 4.90 Å². The lowest BCUT2D eigenvalue weighted by atomic mass is 9.84. The summed E-state index contributed by atoms with van der Waals surface area (Å²) >= 11 is 0. The Bertz CT molecular complexity index is 1550. The normalized spacial score (nSPS) is 24.3. The van der Waals surface area contributed by atoms with Crippen molar-refractivity contribution in [3.8, 4) is 0 Å². The summed E-state index contributed by atoms with van der Waals surface area (Å²) in [6, 6.07) is 2.41. The third-order valence-electron chi connectivity index (χ3n) is 9.34. The number of alkyl halides is 3. The van der Waals surface area contributed by atoms with Crippen molar-refractivity contribution in [2.24, 2.45) is 0 Å². The van der Waals surface area contributed by atoms with Crippen LogP contribution in [0.4, 0.5) is 23.8 Å². The number of benzene rings is 1. The van der Waals surface area contributed by atoms with Gasteiger partial charge in [0, 0.05) is 49.4 Å². The number of ether oxygens (including phenoxy) is 1. The number of likely N-dealkylation sites (tertiary alicyclic amines) is 2. The van der Waals surface area contributed by atoms with E-state index >= 15 is 0 Å². The largest absolute Gasteiger partial charge is 0.444 e. The maximum Gasteiger partial charge on any atom is 0.416 e. The van der Waals surface area contributed by atoms with Crippen LogP contribution in [0.5, 0.6) is 0 Å². The second kappa shape index (κ2) is 13.9. The fraction of sp³-hybridized carbons (Fsp3) is 0.686. The molecule has 3 amide bonds. The molecule has 3 aliphatic rings. The second-order valence-corrected chi connectivity index (χ2v) is 15.7. The van der Waals surface area contributed by atoms with Crippen molar-refractivity contribution in [3.63, 3.8) is 0 Å².